The number of rotatable bonds is 10. The van der Waals surface area contributed by atoms with E-state index < -0.39 is 0 Å². The van der Waals surface area contributed by atoms with Gasteiger partial charge in [0.05, 0.1) is 33.0 Å². The average molecular weight is 242 g/mol. The van der Waals surface area contributed by atoms with Crippen molar-refractivity contribution in [2.45, 2.75) is 6.54 Å². The molecule has 1 heterocycles. The van der Waals surface area contributed by atoms with Gasteiger partial charge in [-0.15, -0.1) is 0 Å². The number of carbonyl (C=O) groups is 1. The third-order valence-electron chi connectivity index (χ3n) is 2.13. The molecule has 1 aromatic heterocycles. The minimum Gasteiger partial charge on any atom is -0.382 e. The van der Waals surface area contributed by atoms with Gasteiger partial charge in [0.1, 0.15) is 0 Å². The van der Waals surface area contributed by atoms with Crippen molar-refractivity contribution in [3.05, 3.63) is 18.2 Å². The highest BCUT2D eigenvalue weighted by atomic mass is 16.5. The van der Waals surface area contributed by atoms with Crippen LogP contribution in [0, 0.1) is 0 Å². The molecule has 0 aliphatic rings. The van der Waals surface area contributed by atoms with Crippen molar-refractivity contribution in [3.63, 3.8) is 0 Å². The van der Waals surface area contributed by atoms with Crippen LogP contribution in [-0.4, -0.2) is 56.0 Å². The second-order valence-electron chi connectivity index (χ2n) is 3.31. The average Bonchev–Trinajstić information content (AvgIpc) is 2.80. The summed E-state index contributed by atoms with van der Waals surface area (Å²) >= 11 is 0. The molecular formula is C11H18N2O4. The molecule has 17 heavy (non-hydrogen) atoms. The van der Waals surface area contributed by atoms with Gasteiger partial charge >= 0.3 is 0 Å². The molecule has 0 saturated carbocycles. The van der Waals surface area contributed by atoms with Gasteiger partial charge in [0, 0.05) is 26.0 Å². The van der Waals surface area contributed by atoms with Gasteiger partial charge in [-0.05, 0) is 0 Å². The molecule has 96 valence electrons. The molecule has 6 nitrogen and oxygen atoms in total. The molecule has 0 unspecified atom stereocenters. The van der Waals surface area contributed by atoms with E-state index in [0.717, 1.165) is 6.29 Å². The number of carbonyl (C=O) groups excluding carboxylic acids is 1. The molecule has 0 amide bonds. The van der Waals surface area contributed by atoms with Crippen LogP contribution in [0.3, 0.4) is 0 Å². The molecule has 1 aromatic rings. The van der Waals surface area contributed by atoms with Crippen molar-refractivity contribution >= 4 is 6.29 Å². The van der Waals surface area contributed by atoms with Crippen molar-refractivity contribution in [2.75, 3.05) is 40.1 Å². The van der Waals surface area contributed by atoms with Crippen LogP contribution in [0.4, 0.5) is 0 Å². The summed E-state index contributed by atoms with van der Waals surface area (Å²) in [6.45, 7) is 3.41. The normalized spacial score (nSPS) is 10.6. The third kappa shape index (κ3) is 5.58. The van der Waals surface area contributed by atoms with E-state index in [1.807, 2.05) is 0 Å². The second-order valence-corrected chi connectivity index (χ2v) is 3.31. The number of hydrogen-bond acceptors (Lipinski definition) is 5. The van der Waals surface area contributed by atoms with Crippen molar-refractivity contribution < 1.29 is 19.0 Å². The first-order chi connectivity index (χ1) is 8.38. The summed E-state index contributed by atoms with van der Waals surface area (Å²) in [5, 5.41) is 0. The Balaban J connectivity index is 1.99. The predicted molar refractivity (Wildman–Crippen MR) is 61.1 cm³/mol. The Bertz CT molecular complexity index is 314. The Kier molecular flexibility index (Phi) is 7.20. The van der Waals surface area contributed by atoms with Crippen LogP contribution in [-0.2, 0) is 20.8 Å². The summed E-state index contributed by atoms with van der Waals surface area (Å²) < 4.78 is 17.2. The Morgan fingerprint density at radius 1 is 1.24 bits per heavy atom. The lowest BCUT2D eigenvalue weighted by Crippen LogP contribution is -2.12. The minimum absolute atomic E-state index is 0.421. The molecule has 0 fully saturated rings. The van der Waals surface area contributed by atoms with Gasteiger partial charge in [0.25, 0.3) is 0 Å². The summed E-state index contributed by atoms with van der Waals surface area (Å²) in [6, 6.07) is 0. The summed E-state index contributed by atoms with van der Waals surface area (Å²) in [5.41, 5.74) is 0. The van der Waals surface area contributed by atoms with Gasteiger partial charge in [0.2, 0.25) is 0 Å². The first-order valence-corrected chi connectivity index (χ1v) is 5.49. The lowest BCUT2D eigenvalue weighted by molar-refractivity contribution is 0.0230. The Hall–Kier alpha value is -1.24. The van der Waals surface area contributed by atoms with E-state index in [1.54, 1.807) is 24.1 Å². The fraction of sp³-hybridized carbons (Fsp3) is 0.636. The van der Waals surface area contributed by atoms with E-state index in [9.17, 15) is 4.79 Å². The Morgan fingerprint density at radius 3 is 2.65 bits per heavy atom. The largest absolute Gasteiger partial charge is 0.382 e. The van der Waals surface area contributed by atoms with Crippen molar-refractivity contribution in [3.8, 4) is 0 Å². The maximum atomic E-state index is 10.6. The Morgan fingerprint density at radius 2 is 1.94 bits per heavy atom. The van der Waals surface area contributed by atoms with Crippen LogP contribution in [0.5, 0.6) is 0 Å². The zero-order chi connectivity index (χ0) is 12.3. The first-order valence-electron chi connectivity index (χ1n) is 5.49. The van der Waals surface area contributed by atoms with Gasteiger partial charge in [-0.1, -0.05) is 0 Å². The summed E-state index contributed by atoms with van der Waals surface area (Å²) in [4.78, 5) is 14.5. The van der Waals surface area contributed by atoms with Crippen LogP contribution in [0.2, 0.25) is 0 Å². The number of nitrogens with zero attached hydrogens (tertiary/aromatic N) is 2. The van der Waals surface area contributed by atoms with Gasteiger partial charge < -0.3 is 18.8 Å². The highest BCUT2D eigenvalue weighted by Gasteiger charge is 1.99. The predicted octanol–water partition coefficient (Wildman–Crippen LogP) is 0.375. The lowest BCUT2D eigenvalue weighted by Gasteiger charge is -2.06. The van der Waals surface area contributed by atoms with Crippen LogP contribution in [0.15, 0.2) is 12.4 Å². The molecule has 1 rings (SSSR count). The lowest BCUT2D eigenvalue weighted by atomic mass is 10.6. The van der Waals surface area contributed by atoms with E-state index >= 15 is 0 Å². The number of aromatic nitrogens is 2. The SMILES string of the molecule is COCCOCCOCCn1ccnc1C=O. The molecule has 0 aliphatic heterocycles. The third-order valence-corrected chi connectivity index (χ3v) is 2.13. The van der Waals surface area contributed by atoms with Crippen LogP contribution >= 0.6 is 0 Å². The summed E-state index contributed by atoms with van der Waals surface area (Å²) in [5.74, 6) is 0.421. The standard InChI is InChI=1S/C11H18N2O4/c1-15-6-7-17-9-8-16-5-4-13-3-2-12-11(13)10-14/h2-3,10H,4-9H2,1H3. The molecule has 0 N–H and O–H groups in total. The molecule has 0 atom stereocenters. The van der Waals surface area contributed by atoms with E-state index in [-0.39, 0.29) is 0 Å². The summed E-state index contributed by atoms with van der Waals surface area (Å²) in [7, 11) is 1.63. The quantitative estimate of drug-likeness (QED) is 0.438. The molecule has 0 saturated heterocycles. The van der Waals surface area contributed by atoms with Crippen LogP contribution < -0.4 is 0 Å². The van der Waals surface area contributed by atoms with Gasteiger partial charge in [-0.3, -0.25) is 4.79 Å². The van der Waals surface area contributed by atoms with Gasteiger partial charge in [-0.2, -0.15) is 0 Å². The number of methoxy groups -OCH3 is 1. The monoisotopic (exact) mass is 242 g/mol. The van der Waals surface area contributed by atoms with E-state index in [4.69, 9.17) is 14.2 Å². The molecule has 0 radical (unpaired) electrons. The van der Waals surface area contributed by atoms with Crippen LogP contribution in [0.1, 0.15) is 10.6 Å². The minimum atomic E-state index is 0.421. The smallest absolute Gasteiger partial charge is 0.185 e. The van der Waals surface area contributed by atoms with Gasteiger partial charge in [-0.25, -0.2) is 4.98 Å². The molecule has 0 spiro atoms. The van der Waals surface area contributed by atoms with Crippen molar-refractivity contribution in [2.24, 2.45) is 0 Å². The number of ether oxygens (including phenoxy) is 3. The molecule has 6 heteroatoms. The zero-order valence-corrected chi connectivity index (χ0v) is 10.0. The van der Waals surface area contributed by atoms with E-state index in [1.165, 1.54) is 0 Å². The van der Waals surface area contributed by atoms with Crippen molar-refractivity contribution in [1.82, 2.24) is 9.55 Å². The van der Waals surface area contributed by atoms with E-state index in [0.29, 0.717) is 45.4 Å². The topological polar surface area (TPSA) is 62.6 Å². The Labute approximate surface area is 100 Å². The number of aldehydes is 1. The molecule has 0 bridgehead atoms. The van der Waals surface area contributed by atoms with E-state index in [2.05, 4.69) is 4.98 Å². The maximum absolute atomic E-state index is 10.6. The number of imidazole rings is 1. The summed E-state index contributed by atoms with van der Waals surface area (Å²) in [6.07, 6.45) is 4.08. The first kappa shape index (κ1) is 13.8. The van der Waals surface area contributed by atoms with Gasteiger partial charge in [0.15, 0.2) is 12.1 Å². The molecule has 0 aromatic carbocycles. The fourth-order valence-electron chi connectivity index (χ4n) is 1.26. The maximum Gasteiger partial charge on any atom is 0.185 e. The highest BCUT2D eigenvalue weighted by molar-refractivity contribution is 5.69. The highest BCUT2D eigenvalue weighted by Crippen LogP contribution is 1.94. The van der Waals surface area contributed by atoms with Crippen LogP contribution in [0.25, 0.3) is 0 Å². The zero-order valence-electron chi connectivity index (χ0n) is 10.0. The number of hydrogen-bond donors (Lipinski definition) is 0. The second kappa shape index (κ2) is 8.86. The van der Waals surface area contributed by atoms with Crippen molar-refractivity contribution in [1.29, 1.82) is 0 Å². The molecule has 0 aliphatic carbocycles. The molecular weight excluding hydrogens is 224 g/mol. The fourth-order valence-corrected chi connectivity index (χ4v) is 1.26.